The minimum Gasteiger partial charge on any atom is -0.302 e. The van der Waals surface area contributed by atoms with Gasteiger partial charge in [-0.15, -0.1) is 10.2 Å². The van der Waals surface area contributed by atoms with E-state index in [9.17, 15) is 0 Å². The van der Waals surface area contributed by atoms with E-state index in [1.54, 1.807) is 24.2 Å². The summed E-state index contributed by atoms with van der Waals surface area (Å²) in [6, 6.07) is 3.95. The lowest BCUT2D eigenvalue weighted by atomic mass is 10.2. The van der Waals surface area contributed by atoms with E-state index in [-0.39, 0.29) is 0 Å². The number of aromatic nitrogens is 4. The van der Waals surface area contributed by atoms with Gasteiger partial charge >= 0.3 is 0 Å². The largest absolute Gasteiger partial charge is 0.302 e. The molecule has 18 heavy (non-hydrogen) atoms. The van der Waals surface area contributed by atoms with E-state index in [1.807, 2.05) is 12.1 Å². The highest BCUT2D eigenvalue weighted by molar-refractivity contribution is 7.99. The number of hydrogen-bond acceptors (Lipinski definition) is 4. The van der Waals surface area contributed by atoms with Crippen molar-refractivity contribution in [2.24, 2.45) is 0 Å². The SMILES string of the molecule is CCCSc1nnc(-c2ccncc2)n1CCC. The minimum absolute atomic E-state index is 0.942. The summed E-state index contributed by atoms with van der Waals surface area (Å²) < 4.78 is 2.20. The summed E-state index contributed by atoms with van der Waals surface area (Å²) in [4.78, 5) is 4.04. The van der Waals surface area contributed by atoms with Gasteiger partial charge < -0.3 is 4.57 Å². The number of hydrogen-bond donors (Lipinski definition) is 0. The third-order valence-electron chi connectivity index (χ3n) is 2.54. The molecule has 2 heterocycles. The van der Waals surface area contributed by atoms with Crippen molar-refractivity contribution < 1.29 is 0 Å². The Morgan fingerprint density at radius 3 is 2.56 bits per heavy atom. The van der Waals surface area contributed by atoms with Gasteiger partial charge in [-0.3, -0.25) is 4.98 Å². The highest BCUT2D eigenvalue weighted by Crippen LogP contribution is 2.24. The molecule has 0 radical (unpaired) electrons. The first-order valence-electron chi connectivity index (χ1n) is 6.33. The quantitative estimate of drug-likeness (QED) is 0.750. The molecule has 0 aliphatic carbocycles. The Hall–Kier alpha value is -1.36. The predicted molar refractivity (Wildman–Crippen MR) is 74.6 cm³/mol. The molecular formula is C13H18N4S. The average Bonchev–Trinajstić information content (AvgIpc) is 2.81. The number of thioether (sulfide) groups is 1. The summed E-state index contributed by atoms with van der Waals surface area (Å²) in [5, 5.41) is 9.65. The van der Waals surface area contributed by atoms with Crippen LogP contribution in [-0.4, -0.2) is 25.5 Å². The first-order valence-corrected chi connectivity index (χ1v) is 7.31. The summed E-state index contributed by atoms with van der Waals surface area (Å²) in [5.74, 6) is 2.02. The lowest BCUT2D eigenvalue weighted by Crippen LogP contribution is -2.02. The van der Waals surface area contributed by atoms with Gasteiger partial charge in [0.2, 0.25) is 0 Å². The molecule has 0 bridgehead atoms. The zero-order chi connectivity index (χ0) is 12.8. The summed E-state index contributed by atoms with van der Waals surface area (Å²) in [7, 11) is 0. The molecule has 0 aliphatic heterocycles. The fourth-order valence-electron chi connectivity index (χ4n) is 1.73. The fraction of sp³-hybridized carbons (Fsp3) is 0.462. The van der Waals surface area contributed by atoms with Crippen LogP contribution in [0.2, 0.25) is 0 Å². The smallest absolute Gasteiger partial charge is 0.191 e. The van der Waals surface area contributed by atoms with Gasteiger partial charge in [-0.05, 0) is 25.0 Å². The first kappa shape index (κ1) is 13.1. The van der Waals surface area contributed by atoms with Crippen LogP contribution in [-0.2, 0) is 6.54 Å². The number of rotatable bonds is 6. The van der Waals surface area contributed by atoms with Gasteiger partial charge in [0.15, 0.2) is 11.0 Å². The van der Waals surface area contributed by atoms with Crippen LogP contribution in [0.5, 0.6) is 0 Å². The normalized spacial score (nSPS) is 10.8. The molecule has 96 valence electrons. The van der Waals surface area contributed by atoms with E-state index in [0.29, 0.717) is 0 Å². The molecule has 2 rings (SSSR count). The van der Waals surface area contributed by atoms with Crippen LogP contribution in [0, 0.1) is 0 Å². The van der Waals surface area contributed by atoms with E-state index in [1.165, 1.54) is 0 Å². The Labute approximate surface area is 112 Å². The van der Waals surface area contributed by atoms with Crippen LogP contribution in [0.1, 0.15) is 26.7 Å². The van der Waals surface area contributed by atoms with Crippen molar-refractivity contribution in [3.05, 3.63) is 24.5 Å². The molecule has 0 aliphatic rings. The van der Waals surface area contributed by atoms with Crippen molar-refractivity contribution >= 4 is 11.8 Å². The van der Waals surface area contributed by atoms with Gasteiger partial charge in [-0.25, -0.2) is 0 Å². The monoisotopic (exact) mass is 262 g/mol. The molecular weight excluding hydrogens is 244 g/mol. The molecule has 5 heteroatoms. The number of nitrogens with zero attached hydrogens (tertiary/aromatic N) is 4. The lowest BCUT2D eigenvalue weighted by molar-refractivity contribution is 0.626. The van der Waals surface area contributed by atoms with Crippen LogP contribution < -0.4 is 0 Å². The Morgan fingerprint density at radius 2 is 1.89 bits per heavy atom. The molecule has 0 amide bonds. The van der Waals surface area contributed by atoms with Gasteiger partial charge in [0.1, 0.15) is 0 Å². The van der Waals surface area contributed by atoms with Crippen LogP contribution in [0.25, 0.3) is 11.4 Å². The summed E-state index contributed by atoms with van der Waals surface area (Å²) >= 11 is 1.78. The molecule has 0 atom stereocenters. The lowest BCUT2D eigenvalue weighted by Gasteiger charge is -2.08. The van der Waals surface area contributed by atoms with E-state index in [0.717, 1.165) is 41.7 Å². The second-order valence-electron chi connectivity index (χ2n) is 4.04. The zero-order valence-corrected chi connectivity index (χ0v) is 11.7. The standard InChI is InChI=1S/C13H18N4S/c1-3-9-17-12(11-5-7-14-8-6-11)15-16-13(17)18-10-4-2/h5-8H,3-4,9-10H2,1-2H3. The highest BCUT2D eigenvalue weighted by Gasteiger charge is 2.12. The first-order chi connectivity index (χ1) is 8.86. The van der Waals surface area contributed by atoms with E-state index >= 15 is 0 Å². The Kier molecular flexibility index (Phi) is 4.75. The molecule has 0 fully saturated rings. The average molecular weight is 262 g/mol. The van der Waals surface area contributed by atoms with Crippen LogP contribution in [0.4, 0.5) is 0 Å². The molecule has 2 aromatic heterocycles. The molecule has 0 spiro atoms. The third-order valence-corrected chi connectivity index (χ3v) is 3.71. The predicted octanol–water partition coefficient (Wildman–Crippen LogP) is 3.25. The molecule has 0 unspecified atom stereocenters. The maximum absolute atomic E-state index is 4.32. The van der Waals surface area contributed by atoms with Gasteiger partial charge in [-0.1, -0.05) is 25.6 Å². The van der Waals surface area contributed by atoms with Crippen LogP contribution >= 0.6 is 11.8 Å². The fourth-order valence-corrected chi connectivity index (χ4v) is 2.55. The molecule has 0 saturated heterocycles. The molecule has 0 N–H and O–H groups in total. The summed E-state index contributed by atoms with van der Waals surface area (Å²) in [5.41, 5.74) is 1.08. The minimum atomic E-state index is 0.942. The van der Waals surface area contributed by atoms with Gasteiger partial charge in [0, 0.05) is 30.3 Å². The molecule has 0 aromatic carbocycles. The van der Waals surface area contributed by atoms with Gasteiger partial charge in [0.05, 0.1) is 0 Å². The zero-order valence-electron chi connectivity index (χ0n) is 10.8. The van der Waals surface area contributed by atoms with E-state index in [4.69, 9.17) is 0 Å². The maximum atomic E-state index is 4.32. The third kappa shape index (κ3) is 2.90. The van der Waals surface area contributed by atoms with Gasteiger partial charge in [-0.2, -0.15) is 0 Å². The second-order valence-corrected chi connectivity index (χ2v) is 5.10. The van der Waals surface area contributed by atoms with E-state index < -0.39 is 0 Å². The van der Waals surface area contributed by atoms with Crippen molar-refractivity contribution in [3.8, 4) is 11.4 Å². The molecule has 0 saturated carbocycles. The van der Waals surface area contributed by atoms with Crippen molar-refractivity contribution in [2.75, 3.05) is 5.75 Å². The Morgan fingerprint density at radius 1 is 1.11 bits per heavy atom. The Bertz CT molecular complexity index is 481. The van der Waals surface area contributed by atoms with Gasteiger partial charge in [0.25, 0.3) is 0 Å². The highest BCUT2D eigenvalue weighted by atomic mass is 32.2. The van der Waals surface area contributed by atoms with Crippen molar-refractivity contribution in [1.82, 2.24) is 19.7 Å². The summed E-state index contributed by atoms with van der Waals surface area (Å²) in [6.07, 6.45) is 5.81. The van der Waals surface area contributed by atoms with Crippen molar-refractivity contribution in [3.63, 3.8) is 0 Å². The van der Waals surface area contributed by atoms with E-state index in [2.05, 4.69) is 33.6 Å². The van der Waals surface area contributed by atoms with Crippen molar-refractivity contribution in [1.29, 1.82) is 0 Å². The molecule has 2 aromatic rings. The maximum Gasteiger partial charge on any atom is 0.191 e. The second kappa shape index (κ2) is 6.54. The topological polar surface area (TPSA) is 43.6 Å². The summed E-state index contributed by atoms with van der Waals surface area (Å²) in [6.45, 7) is 5.30. The van der Waals surface area contributed by atoms with Crippen LogP contribution in [0.3, 0.4) is 0 Å². The molecule has 4 nitrogen and oxygen atoms in total. The van der Waals surface area contributed by atoms with Crippen LogP contribution in [0.15, 0.2) is 29.7 Å². The Balaban J connectivity index is 2.32. The van der Waals surface area contributed by atoms with Crippen molar-refractivity contribution in [2.45, 2.75) is 38.4 Å². The number of pyridine rings is 1.